The monoisotopic (exact) mass is 261 g/mol. The smallest absolute Gasteiger partial charge is 0.251 e. The van der Waals surface area contributed by atoms with Gasteiger partial charge in [-0.2, -0.15) is 4.98 Å². The quantitative estimate of drug-likeness (QED) is 0.759. The first-order valence-corrected chi connectivity index (χ1v) is 5.98. The molecule has 3 rings (SSSR count). The summed E-state index contributed by atoms with van der Waals surface area (Å²) in [5.74, 6) is 1.45. The number of H-pyrrole nitrogens is 1. The molecule has 92 valence electrons. The normalized spacial score (nSPS) is 11.2. The summed E-state index contributed by atoms with van der Waals surface area (Å²) in [5, 5.41) is 6.95. The molecule has 0 aliphatic rings. The van der Waals surface area contributed by atoms with Crippen LogP contribution < -0.4 is 5.32 Å². The average molecular weight is 262 g/mol. The Morgan fingerprint density at radius 2 is 2.06 bits per heavy atom. The number of benzene rings is 1. The minimum atomic E-state index is 0.671. The number of fused-ring (bicyclic) bond motifs is 1. The van der Waals surface area contributed by atoms with Crippen LogP contribution in [0.15, 0.2) is 30.5 Å². The molecule has 0 atom stereocenters. The molecule has 2 aromatic heterocycles. The standard InChI is InChI=1S/C12H12ClN5/c1-14-6-10-7-18-12(15-10)16-11(17-18)8-2-4-9(13)5-3-8/h2-5,7,14H,6H2,1H3,(H,15,16,17). The van der Waals surface area contributed by atoms with Crippen molar-refractivity contribution >= 4 is 17.4 Å². The highest BCUT2D eigenvalue weighted by atomic mass is 35.5. The van der Waals surface area contributed by atoms with Crippen LogP contribution in [0.3, 0.4) is 0 Å². The van der Waals surface area contributed by atoms with Gasteiger partial charge in [-0.1, -0.05) is 11.6 Å². The number of aromatic nitrogens is 4. The molecular weight excluding hydrogens is 250 g/mol. The molecule has 18 heavy (non-hydrogen) atoms. The van der Waals surface area contributed by atoms with E-state index in [-0.39, 0.29) is 0 Å². The van der Waals surface area contributed by atoms with Crippen LogP contribution in [0.4, 0.5) is 0 Å². The Hall–Kier alpha value is -1.85. The van der Waals surface area contributed by atoms with Gasteiger partial charge in [-0.25, -0.2) is 9.50 Å². The van der Waals surface area contributed by atoms with E-state index in [1.54, 1.807) is 0 Å². The third-order valence-electron chi connectivity index (χ3n) is 2.65. The SMILES string of the molecule is CNCc1cn2[nH]c(-c3ccc(Cl)cc3)nc2n1. The van der Waals surface area contributed by atoms with Crippen LogP contribution in [0.25, 0.3) is 17.2 Å². The highest BCUT2D eigenvalue weighted by Gasteiger charge is 2.08. The van der Waals surface area contributed by atoms with Crippen molar-refractivity contribution in [3.05, 3.63) is 41.2 Å². The Morgan fingerprint density at radius 1 is 1.28 bits per heavy atom. The Bertz CT molecular complexity index is 636. The van der Waals surface area contributed by atoms with Gasteiger partial charge in [0.15, 0.2) is 5.82 Å². The zero-order valence-corrected chi connectivity index (χ0v) is 10.6. The highest BCUT2D eigenvalue weighted by molar-refractivity contribution is 6.30. The van der Waals surface area contributed by atoms with E-state index in [1.165, 1.54) is 0 Å². The molecule has 2 heterocycles. The zero-order valence-electron chi connectivity index (χ0n) is 9.81. The number of aromatic amines is 1. The van der Waals surface area contributed by atoms with Crippen molar-refractivity contribution in [1.29, 1.82) is 0 Å². The van der Waals surface area contributed by atoms with Crippen LogP contribution in [0.2, 0.25) is 5.02 Å². The van der Waals surface area contributed by atoms with Crippen molar-refractivity contribution in [1.82, 2.24) is 24.9 Å². The van der Waals surface area contributed by atoms with E-state index in [1.807, 2.05) is 42.0 Å². The van der Waals surface area contributed by atoms with Gasteiger partial charge in [0.2, 0.25) is 0 Å². The molecule has 0 aliphatic carbocycles. The van der Waals surface area contributed by atoms with E-state index < -0.39 is 0 Å². The topological polar surface area (TPSA) is 58.0 Å². The number of nitrogens with one attached hydrogen (secondary N) is 2. The van der Waals surface area contributed by atoms with E-state index in [9.17, 15) is 0 Å². The maximum Gasteiger partial charge on any atom is 0.251 e. The second-order valence-electron chi connectivity index (χ2n) is 4.01. The van der Waals surface area contributed by atoms with Gasteiger partial charge in [0.05, 0.1) is 11.9 Å². The number of nitrogens with zero attached hydrogens (tertiary/aromatic N) is 3. The van der Waals surface area contributed by atoms with Gasteiger partial charge in [0, 0.05) is 17.1 Å². The van der Waals surface area contributed by atoms with Crippen LogP contribution in [-0.4, -0.2) is 26.6 Å². The molecule has 0 bridgehead atoms. The summed E-state index contributed by atoms with van der Waals surface area (Å²) in [4.78, 5) is 8.84. The third-order valence-corrected chi connectivity index (χ3v) is 2.90. The second-order valence-corrected chi connectivity index (χ2v) is 4.45. The van der Waals surface area contributed by atoms with Gasteiger partial charge >= 0.3 is 0 Å². The molecule has 6 heteroatoms. The summed E-state index contributed by atoms with van der Waals surface area (Å²) in [6.45, 7) is 0.730. The van der Waals surface area contributed by atoms with E-state index in [0.717, 1.165) is 23.6 Å². The Morgan fingerprint density at radius 3 is 2.72 bits per heavy atom. The lowest BCUT2D eigenvalue weighted by Crippen LogP contribution is -2.05. The molecule has 0 radical (unpaired) electrons. The Balaban J connectivity index is 1.98. The maximum atomic E-state index is 5.86. The number of hydrogen-bond donors (Lipinski definition) is 2. The fourth-order valence-corrected chi connectivity index (χ4v) is 1.95. The number of imidazole rings is 1. The lowest BCUT2D eigenvalue weighted by atomic mass is 10.2. The molecular formula is C12H12ClN5. The van der Waals surface area contributed by atoms with Gasteiger partial charge < -0.3 is 5.32 Å². The van der Waals surface area contributed by atoms with Crippen LogP contribution in [-0.2, 0) is 6.54 Å². The molecule has 2 N–H and O–H groups in total. The number of hydrogen-bond acceptors (Lipinski definition) is 3. The summed E-state index contributed by atoms with van der Waals surface area (Å²) in [5.41, 5.74) is 1.94. The summed E-state index contributed by atoms with van der Waals surface area (Å²) in [7, 11) is 1.89. The van der Waals surface area contributed by atoms with E-state index in [2.05, 4.69) is 20.4 Å². The van der Waals surface area contributed by atoms with Gasteiger partial charge in [-0.3, -0.25) is 5.10 Å². The molecule has 3 aromatic rings. The third kappa shape index (κ3) is 1.98. The van der Waals surface area contributed by atoms with Crippen LogP contribution in [0, 0.1) is 0 Å². The molecule has 0 spiro atoms. The molecule has 0 saturated carbocycles. The number of rotatable bonds is 3. The van der Waals surface area contributed by atoms with Gasteiger partial charge in [0.25, 0.3) is 5.78 Å². The molecule has 0 amide bonds. The second kappa shape index (κ2) is 4.44. The van der Waals surface area contributed by atoms with Crippen LogP contribution in [0.5, 0.6) is 0 Å². The molecule has 0 fully saturated rings. The van der Waals surface area contributed by atoms with E-state index >= 15 is 0 Å². The van der Waals surface area contributed by atoms with Crippen molar-refractivity contribution in [2.45, 2.75) is 6.54 Å². The lowest BCUT2D eigenvalue weighted by Gasteiger charge is -1.95. The largest absolute Gasteiger partial charge is 0.314 e. The lowest BCUT2D eigenvalue weighted by molar-refractivity contribution is 0.795. The number of halogens is 1. The predicted octanol–water partition coefficient (Wildman–Crippen LogP) is 2.10. The Labute approximate surface area is 109 Å². The molecule has 1 aromatic carbocycles. The molecule has 0 unspecified atom stereocenters. The van der Waals surface area contributed by atoms with Crippen LogP contribution >= 0.6 is 11.6 Å². The minimum absolute atomic E-state index is 0.671. The Kier molecular flexibility index (Phi) is 2.77. The first-order chi connectivity index (χ1) is 8.76. The first-order valence-electron chi connectivity index (χ1n) is 5.61. The van der Waals surface area contributed by atoms with Gasteiger partial charge in [0.1, 0.15) is 0 Å². The minimum Gasteiger partial charge on any atom is -0.314 e. The molecule has 0 saturated heterocycles. The zero-order chi connectivity index (χ0) is 12.5. The van der Waals surface area contributed by atoms with Crippen molar-refractivity contribution in [3.63, 3.8) is 0 Å². The first kappa shape index (κ1) is 11.3. The average Bonchev–Trinajstić information content (AvgIpc) is 2.88. The summed E-state index contributed by atoms with van der Waals surface area (Å²) < 4.78 is 1.82. The summed E-state index contributed by atoms with van der Waals surface area (Å²) >= 11 is 5.86. The van der Waals surface area contributed by atoms with Gasteiger partial charge in [-0.15, -0.1) is 0 Å². The van der Waals surface area contributed by atoms with Crippen molar-refractivity contribution < 1.29 is 0 Å². The molecule has 5 nitrogen and oxygen atoms in total. The maximum absolute atomic E-state index is 5.86. The fourth-order valence-electron chi connectivity index (χ4n) is 1.82. The summed E-state index contributed by atoms with van der Waals surface area (Å²) in [6, 6.07) is 7.54. The highest BCUT2D eigenvalue weighted by Crippen LogP contribution is 2.18. The van der Waals surface area contributed by atoms with Crippen molar-refractivity contribution in [2.24, 2.45) is 0 Å². The van der Waals surface area contributed by atoms with E-state index in [0.29, 0.717) is 10.8 Å². The van der Waals surface area contributed by atoms with Crippen LogP contribution in [0.1, 0.15) is 5.69 Å². The van der Waals surface area contributed by atoms with Crippen molar-refractivity contribution in [3.8, 4) is 11.4 Å². The predicted molar refractivity (Wildman–Crippen MR) is 70.5 cm³/mol. The fraction of sp³-hybridized carbons (Fsp3) is 0.167. The van der Waals surface area contributed by atoms with Gasteiger partial charge in [-0.05, 0) is 31.3 Å². The van der Waals surface area contributed by atoms with Crippen molar-refractivity contribution in [2.75, 3.05) is 7.05 Å². The molecule has 0 aliphatic heterocycles. The summed E-state index contributed by atoms with van der Waals surface area (Å²) in [6.07, 6.45) is 1.93. The van der Waals surface area contributed by atoms with E-state index in [4.69, 9.17) is 11.6 Å².